The Hall–Kier alpha value is -2.67. The molecule has 0 spiro atoms. The molecule has 0 radical (unpaired) electrons. The van der Waals surface area contributed by atoms with Crippen LogP contribution in [-0.4, -0.2) is 26.4 Å². The van der Waals surface area contributed by atoms with Crippen molar-refractivity contribution >= 4 is 34.7 Å². The van der Waals surface area contributed by atoms with Gasteiger partial charge in [-0.3, -0.25) is 4.79 Å². The summed E-state index contributed by atoms with van der Waals surface area (Å²) in [5.41, 5.74) is 2.49. The number of hydrogen-bond acceptors (Lipinski definition) is 4. The molecule has 116 valence electrons. The normalized spacial score (nSPS) is 14.1. The smallest absolute Gasteiger partial charge is 0.345 e. The number of pyridine rings is 1. The minimum atomic E-state index is -0.921. The number of carboxylic acids is 1. The number of aromatic carboxylic acids is 1. The van der Waals surface area contributed by atoms with E-state index in [4.69, 9.17) is 5.11 Å². The predicted octanol–water partition coefficient (Wildman–Crippen LogP) is 3.11. The summed E-state index contributed by atoms with van der Waals surface area (Å²) in [5, 5.41) is 13.7. The summed E-state index contributed by atoms with van der Waals surface area (Å²) in [7, 11) is 0. The number of nitrogens with one attached hydrogen (secondary N) is 1. The summed E-state index contributed by atoms with van der Waals surface area (Å²) in [6, 6.07) is 5.39. The summed E-state index contributed by atoms with van der Waals surface area (Å²) < 4.78 is 1.83. The molecular formula is C16H13N3O3S. The van der Waals surface area contributed by atoms with Crippen LogP contribution in [0.4, 0.5) is 5.82 Å². The molecule has 1 aliphatic rings. The van der Waals surface area contributed by atoms with Gasteiger partial charge in [-0.05, 0) is 47.5 Å². The third-order valence-corrected chi connectivity index (χ3v) is 4.71. The zero-order valence-electron chi connectivity index (χ0n) is 12.0. The molecule has 1 amide bonds. The monoisotopic (exact) mass is 327 g/mol. The molecule has 1 saturated carbocycles. The van der Waals surface area contributed by atoms with Gasteiger partial charge in [-0.15, -0.1) is 11.3 Å². The number of imidazole rings is 1. The van der Waals surface area contributed by atoms with Crippen molar-refractivity contribution in [2.45, 2.75) is 12.8 Å². The van der Waals surface area contributed by atoms with Gasteiger partial charge in [0, 0.05) is 12.1 Å². The fourth-order valence-electron chi connectivity index (χ4n) is 2.40. The van der Waals surface area contributed by atoms with Gasteiger partial charge in [-0.2, -0.15) is 0 Å². The molecule has 0 saturated heterocycles. The van der Waals surface area contributed by atoms with E-state index in [0.29, 0.717) is 10.7 Å². The van der Waals surface area contributed by atoms with Gasteiger partial charge < -0.3 is 14.8 Å². The highest BCUT2D eigenvalue weighted by atomic mass is 32.1. The first-order valence-corrected chi connectivity index (χ1v) is 8.10. The number of thiophene rings is 1. The van der Waals surface area contributed by atoms with Crippen LogP contribution in [0, 0.1) is 5.92 Å². The second-order valence-electron chi connectivity index (χ2n) is 5.58. The Labute approximate surface area is 135 Å². The lowest BCUT2D eigenvalue weighted by molar-refractivity contribution is -0.117. The first kappa shape index (κ1) is 14.0. The quantitative estimate of drug-likeness (QED) is 0.771. The lowest BCUT2D eigenvalue weighted by Gasteiger charge is -1.99. The van der Waals surface area contributed by atoms with Crippen LogP contribution in [0.5, 0.6) is 0 Å². The number of nitrogens with zero attached hydrogens (tertiary/aromatic N) is 2. The highest BCUT2D eigenvalue weighted by Gasteiger charge is 2.29. The molecule has 0 unspecified atom stereocenters. The number of aromatic nitrogens is 2. The van der Waals surface area contributed by atoms with Crippen molar-refractivity contribution in [3.63, 3.8) is 0 Å². The minimum absolute atomic E-state index is 0.0255. The number of fused-ring (bicyclic) bond motifs is 1. The number of hydrogen-bond donors (Lipinski definition) is 2. The zero-order chi connectivity index (χ0) is 16.0. The zero-order valence-corrected chi connectivity index (χ0v) is 12.8. The third-order valence-electron chi connectivity index (χ3n) is 3.79. The van der Waals surface area contributed by atoms with E-state index in [0.717, 1.165) is 29.6 Å². The van der Waals surface area contributed by atoms with E-state index < -0.39 is 5.97 Å². The van der Waals surface area contributed by atoms with Crippen LogP contribution in [0.1, 0.15) is 22.5 Å². The van der Waals surface area contributed by atoms with Crippen molar-refractivity contribution < 1.29 is 14.7 Å². The van der Waals surface area contributed by atoms with E-state index in [9.17, 15) is 9.59 Å². The standard InChI is InChI=1S/C16H13N3O3S/c20-15(9-1-2-9)18-13-7-19-6-10(3-4-14(19)17-13)11-5-12(16(21)22)23-8-11/h3-9H,1-2H2,(H,18,20)(H,21,22). The van der Waals surface area contributed by atoms with E-state index >= 15 is 0 Å². The van der Waals surface area contributed by atoms with E-state index in [1.807, 2.05) is 28.1 Å². The molecule has 4 rings (SSSR count). The molecule has 1 aliphatic carbocycles. The summed E-state index contributed by atoms with van der Waals surface area (Å²) in [4.78, 5) is 27.5. The van der Waals surface area contributed by atoms with Crippen molar-refractivity contribution in [1.82, 2.24) is 9.38 Å². The van der Waals surface area contributed by atoms with Gasteiger partial charge in [0.05, 0.1) is 6.20 Å². The average Bonchev–Trinajstić information content (AvgIpc) is 3.11. The number of carbonyl (C=O) groups is 2. The first-order chi connectivity index (χ1) is 11.1. The number of carbonyl (C=O) groups excluding carboxylic acids is 1. The molecule has 1 fully saturated rings. The third kappa shape index (κ3) is 2.70. The number of anilines is 1. The van der Waals surface area contributed by atoms with Crippen LogP contribution in [0.25, 0.3) is 16.8 Å². The lowest BCUT2D eigenvalue weighted by Crippen LogP contribution is -2.13. The van der Waals surface area contributed by atoms with Gasteiger partial charge in [0.15, 0.2) is 5.82 Å². The highest BCUT2D eigenvalue weighted by molar-refractivity contribution is 7.12. The molecular weight excluding hydrogens is 314 g/mol. The number of carboxylic acid groups (broad SMARTS) is 1. The highest BCUT2D eigenvalue weighted by Crippen LogP contribution is 2.30. The summed E-state index contributed by atoms with van der Waals surface area (Å²) >= 11 is 1.20. The van der Waals surface area contributed by atoms with Crippen molar-refractivity contribution in [3.8, 4) is 11.1 Å². The van der Waals surface area contributed by atoms with E-state index in [2.05, 4.69) is 10.3 Å². The molecule has 23 heavy (non-hydrogen) atoms. The second kappa shape index (κ2) is 5.20. The molecule has 0 aromatic carbocycles. The van der Waals surface area contributed by atoms with Gasteiger partial charge in [0.25, 0.3) is 0 Å². The largest absolute Gasteiger partial charge is 0.477 e. The number of amides is 1. The average molecular weight is 327 g/mol. The van der Waals surface area contributed by atoms with Crippen LogP contribution >= 0.6 is 11.3 Å². The van der Waals surface area contributed by atoms with Crippen molar-refractivity contribution in [2.75, 3.05) is 5.32 Å². The molecule has 0 atom stereocenters. The first-order valence-electron chi connectivity index (χ1n) is 7.22. The second-order valence-corrected chi connectivity index (χ2v) is 6.49. The molecule has 0 bridgehead atoms. The summed E-state index contributed by atoms with van der Waals surface area (Å²) in [6.07, 6.45) is 5.55. The summed E-state index contributed by atoms with van der Waals surface area (Å²) in [5.74, 6) is -0.223. The Bertz CT molecular complexity index is 924. The molecule has 2 N–H and O–H groups in total. The Kier molecular flexibility index (Phi) is 3.16. The van der Waals surface area contributed by atoms with Gasteiger partial charge in [0.1, 0.15) is 10.5 Å². The molecule has 7 heteroatoms. The lowest BCUT2D eigenvalue weighted by atomic mass is 10.1. The van der Waals surface area contributed by atoms with Crippen LogP contribution in [0.15, 0.2) is 36.0 Å². The molecule has 6 nitrogen and oxygen atoms in total. The Morgan fingerprint density at radius 3 is 2.78 bits per heavy atom. The molecule has 3 aromatic heterocycles. The van der Waals surface area contributed by atoms with Gasteiger partial charge in [0.2, 0.25) is 5.91 Å². The fourth-order valence-corrected chi connectivity index (χ4v) is 3.15. The van der Waals surface area contributed by atoms with Crippen LogP contribution in [0.2, 0.25) is 0 Å². The maximum absolute atomic E-state index is 11.8. The van der Waals surface area contributed by atoms with E-state index in [-0.39, 0.29) is 11.8 Å². The molecule has 0 aliphatic heterocycles. The fraction of sp³-hybridized carbons (Fsp3) is 0.188. The van der Waals surface area contributed by atoms with Crippen LogP contribution in [-0.2, 0) is 4.79 Å². The topological polar surface area (TPSA) is 83.7 Å². The Balaban J connectivity index is 1.64. The maximum Gasteiger partial charge on any atom is 0.345 e. The van der Waals surface area contributed by atoms with Gasteiger partial charge in [-0.25, -0.2) is 9.78 Å². The minimum Gasteiger partial charge on any atom is -0.477 e. The van der Waals surface area contributed by atoms with Crippen molar-refractivity contribution in [1.29, 1.82) is 0 Å². The van der Waals surface area contributed by atoms with E-state index in [1.54, 1.807) is 12.3 Å². The maximum atomic E-state index is 11.8. The van der Waals surface area contributed by atoms with Crippen LogP contribution in [0.3, 0.4) is 0 Å². The summed E-state index contributed by atoms with van der Waals surface area (Å²) in [6.45, 7) is 0. The van der Waals surface area contributed by atoms with Crippen molar-refractivity contribution in [2.24, 2.45) is 5.92 Å². The Morgan fingerprint density at radius 2 is 2.09 bits per heavy atom. The molecule has 3 aromatic rings. The van der Waals surface area contributed by atoms with Gasteiger partial charge in [-0.1, -0.05) is 0 Å². The van der Waals surface area contributed by atoms with E-state index in [1.165, 1.54) is 11.3 Å². The predicted molar refractivity (Wildman–Crippen MR) is 86.8 cm³/mol. The Morgan fingerprint density at radius 1 is 1.26 bits per heavy atom. The number of rotatable bonds is 4. The SMILES string of the molecule is O=C(O)c1cc(-c2ccc3nc(NC(=O)C4CC4)cn3c2)cs1. The van der Waals surface area contributed by atoms with Crippen LogP contribution < -0.4 is 5.32 Å². The van der Waals surface area contributed by atoms with Crippen molar-refractivity contribution in [3.05, 3.63) is 40.8 Å². The van der Waals surface area contributed by atoms with Gasteiger partial charge >= 0.3 is 5.97 Å². The molecule has 3 heterocycles.